The van der Waals surface area contributed by atoms with Crippen molar-refractivity contribution in [3.63, 3.8) is 0 Å². The summed E-state index contributed by atoms with van der Waals surface area (Å²) in [6, 6.07) is 14.1. The Kier molecular flexibility index (Phi) is 11.2. The molecule has 0 aliphatic heterocycles. The molecule has 4 aliphatic rings. The molecule has 6 unspecified atom stereocenters. The first kappa shape index (κ1) is 36.8. The molecule has 11 nitrogen and oxygen atoms in total. The van der Waals surface area contributed by atoms with Crippen molar-refractivity contribution in [2.45, 2.75) is 42.4 Å². The maximum absolute atomic E-state index is 14.4. The van der Waals surface area contributed by atoms with Crippen LogP contribution < -0.4 is 9.47 Å². The van der Waals surface area contributed by atoms with Gasteiger partial charge in [-0.2, -0.15) is 8.42 Å². The smallest absolute Gasteiger partial charge is 0.335 e. The van der Waals surface area contributed by atoms with E-state index < -0.39 is 45.7 Å². The number of fused-ring (bicyclic) bond motifs is 1. The third kappa shape index (κ3) is 7.46. The van der Waals surface area contributed by atoms with Crippen LogP contribution in [0.25, 0.3) is 0 Å². The number of halogens is 3. The number of carbonyl (C=O) groups is 3. The van der Waals surface area contributed by atoms with Crippen LogP contribution >= 0.6 is 45.2 Å². The van der Waals surface area contributed by atoms with Gasteiger partial charge in [-0.1, -0.05) is 37.1 Å². The molecule has 266 valence electrons. The Labute approximate surface area is 315 Å². The van der Waals surface area contributed by atoms with Crippen molar-refractivity contribution in [2.24, 2.45) is 23.7 Å². The quantitative estimate of drug-likeness (QED) is 0.0888. The predicted molar refractivity (Wildman–Crippen MR) is 192 cm³/mol. The second-order valence-corrected chi connectivity index (χ2v) is 16.2. The topological polar surface area (TPSA) is 163 Å². The van der Waals surface area contributed by atoms with Crippen molar-refractivity contribution in [3.8, 4) is 11.5 Å². The third-order valence-corrected chi connectivity index (χ3v) is 13.2. The summed E-state index contributed by atoms with van der Waals surface area (Å²) in [4.78, 5) is 38.8. The molecule has 0 heterocycles. The number of aromatic carboxylic acids is 1. The Morgan fingerprint density at radius 2 is 1.30 bits per heavy atom. The highest BCUT2D eigenvalue weighted by molar-refractivity contribution is 14.1. The van der Waals surface area contributed by atoms with Crippen molar-refractivity contribution in [1.29, 1.82) is 0 Å². The number of benzene rings is 3. The number of carbonyl (C=O) groups excluding carboxylic acids is 2. The lowest BCUT2D eigenvalue weighted by molar-refractivity contribution is -0.171. The van der Waals surface area contributed by atoms with E-state index in [9.17, 15) is 31.7 Å². The zero-order valence-electron chi connectivity index (χ0n) is 26.4. The van der Waals surface area contributed by atoms with Gasteiger partial charge in [-0.25, -0.2) is 9.18 Å². The van der Waals surface area contributed by atoms with Crippen LogP contribution in [0.4, 0.5) is 4.39 Å². The molecule has 3 aromatic rings. The summed E-state index contributed by atoms with van der Waals surface area (Å²) < 4.78 is 70.5. The molecular formula is C35H33FI2O11S. The molecule has 2 fully saturated rings. The summed E-state index contributed by atoms with van der Waals surface area (Å²) in [7, 11) is -4.42. The lowest BCUT2D eigenvalue weighted by atomic mass is 9.46. The van der Waals surface area contributed by atoms with Gasteiger partial charge >= 0.3 is 17.9 Å². The van der Waals surface area contributed by atoms with Gasteiger partial charge in [-0.15, -0.1) is 0 Å². The van der Waals surface area contributed by atoms with Gasteiger partial charge in [-0.05, 0) is 111 Å². The fraction of sp³-hybridized carbons (Fsp3) is 0.400. The molecule has 2 bridgehead atoms. The minimum Gasteiger partial charge on any atom is -0.490 e. The highest BCUT2D eigenvalue weighted by Gasteiger charge is 2.61. The first-order valence-corrected chi connectivity index (χ1v) is 19.6. The maximum atomic E-state index is 14.4. The Hall–Kier alpha value is -3.03. The predicted octanol–water partition coefficient (Wildman–Crippen LogP) is 6.46. The van der Waals surface area contributed by atoms with Gasteiger partial charge in [0, 0.05) is 19.0 Å². The third-order valence-electron chi connectivity index (χ3n) is 9.81. The molecule has 0 aromatic heterocycles. The van der Waals surface area contributed by atoms with E-state index in [-0.39, 0.29) is 73.4 Å². The van der Waals surface area contributed by atoms with E-state index >= 15 is 0 Å². The van der Waals surface area contributed by atoms with E-state index in [1.807, 2.05) is 24.3 Å². The molecule has 2 N–H and O–H groups in total. The Morgan fingerprint density at radius 1 is 0.780 bits per heavy atom. The molecule has 3 aromatic carbocycles. The van der Waals surface area contributed by atoms with E-state index in [0.29, 0.717) is 5.75 Å². The van der Waals surface area contributed by atoms with E-state index in [1.54, 1.807) is 45.2 Å². The van der Waals surface area contributed by atoms with Crippen LogP contribution in [0.3, 0.4) is 0 Å². The fourth-order valence-electron chi connectivity index (χ4n) is 8.02. The van der Waals surface area contributed by atoms with Gasteiger partial charge < -0.3 is 24.1 Å². The van der Waals surface area contributed by atoms with Crippen molar-refractivity contribution in [3.05, 3.63) is 84.2 Å². The highest BCUT2D eigenvalue weighted by atomic mass is 127. The molecule has 2 saturated carbocycles. The number of esters is 2. The molecule has 50 heavy (non-hydrogen) atoms. The van der Waals surface area contributed by atoms with Gasteiger partial charge in [-0.3, -0.25) is 14.1 Å². The molecule has 6 atom stereocenters. The molecule has 0 saturated heterocycles. The van der Waals surface area contributed by atoms with Crippen LogP contribution in [0.2, 0.25) is 0 Å². The summed E-state index contributed by atoms with van der Waals surface area (Å²) >= 11 is 3.59. The van der Waals surface area contributed by atoms with E-state index in [0.717, 1.165) is 42.9 Å². The standard InChI is InChI=1S/C35H33FI2O11S/c36-24-15-18(33(39)40)9-10-27(24)47-12-14-49-35(42)31-29-22-7-3-1-5-20(22)28(21-6-2-4-8-23(21)29)30(31)34(41)48-13-11-46-19-16-25(37)32(26(38)17-19)50(43,44)45/h1,3,5,7,9-10,15-17,21,23,28-31H,2,4,6,8,11-14H2,(H,39,40)(H,43,44,45). The fourth-order valence-corrected chi connectivity index (χ4v) is 12.0. The van der Waals surface area contributed by atoms with Crippen molar-refractivity contribution in [1.82, 2.24) is 0 Å². The van der Waals surface area contributed by atoms with Crippen LogP contribution in [-0.4, -0.2) is 62.4 Å². The summed E-state index contributed by atoms with van der Waals surface area (Å²) in [5, 5.41) is 9.07. The lowest BCUT2D eigenvalue weighted by Gasteiger charge is -2.57. The second-order valence-electron chi connectivity index (χ2n) is 12.5. The van der Waals surface area contributed by atoms with Gasteiger partial charge in [0.2, 0.25) is 0 Å². The first-order valence-electron chi connectivity index (χ1n) is 16.0. The second kappa shape index (κ2) is 15.3. The Balaban J connectivity index is 1.17. The van der Waals surface area contributed by atoms with Crippen molar-refractivity contribution >= 4 is 73.2 Å². The van der Waals surface area contributed by atoms with Gasteiger partial charge in [0.15, 0.2) is 11.6 Å². The maximum Gasteiger partial charge on any atom is 0.335 e. The van der Waals surface area contributed by atoms with Crippen LogP contribution in [0, 0.1) is 36.6 Å². The SMILES string of the molecule is O=C(O)c1ccc(OCCOC(=O)C2C(C(=O)OCCOc3cc(I)c(S(=O)(=O)O)c(I)c3)C3c4ccccc4C2C2CCCCC23)c(F)c1. The van der Waals surface area contributed by atoms with Crippen LogP contribution in [-0.2, 0) is 29.2 Å². The number of carboxylic acids is 1. The zero-order chi connectivity index (χ0) is 35.7. The molecule has 0 amide bonds. The number of carboxylic acid groups (broad SMARTS) is 1. The van der Waals surface area contributed by atoms with Crippen LogP contribution in [0.5, 0.6) is 11.5 Å². The summed E-state index contributed by atoms with van der Waals surface area (Å²) in [6.07, 6.45) is 3.94. The summed E-state index contributed by atoms with van der Waals surface area (Å²) in [5.41, 5.74) is 1.87. The molecular weight excluding hydrogens is 901 g/mol. The van der Waals surface area contributed by atoms with E-state index in [4.69, 9.17) is 24.1 Å². The highest BCUT2D eigenvalue weighted by Crippen LogP contribution is 2.64. The Morgan fingerprint density at radius 3 is 1.78 bits per heavy atom. The van der Waals surface area contributed by atoms with E-state index in [1.165, 1.54) is 24.3 Å². The van der Waals surface area contributed by atoms with Crippen molar-refractivity contribution < 1.29 is 55.8 Å². The molecule has 0 radical (unpaired) electrons. The van der Waals surface area contributed by atoms with Crippen LogP contribution in [0.15, 0.2) is 59.5 Å². The first-order chi connectivity index (χ1) is 23.9. The van der Waals surface area contributed by atoms with Crippen LogP contribution in [0.1, 0.15) is 59.0 Å². The monoisotopic (exact) mass is 934 g/mol. The van der Waals surface area contributed by atoms with Gasteiger partial charge in [0.1, 0.15) is 37.1 Å². The Bertz CT molecular complexity index is 1900. The van der Waals surface area contributed by atoms with Crippen molar-refractivity contribution in [2.75, 3.05) is 26.4 Å². The average Bonchev–Trinajstić information content (AvgIpc) is 3.07. The number of rotatable bonds is 12. The molecule has 4 aliphatic carbocycles. The largest absolute Gasteiger partial charge is 0.490 e. The number of hydrogen-bond donors (Lipinski definition) is 2. The molecule has 0 spiro atoms. The summed E-state index contributed by atoms with van der Waals surface area (Å²) in [6.45, 7) is -0.569. The molecule has 7 rings (SSSR count). The zero-order valence-corrected chi connectivity index (χ0v) is 31.6. The minimum atomic E-state index is -4.42. The summed E-state index contributed by atoms with van der Waals surface area (Å²) in [5.74, 6) is -4.80. The average molecular weight is 935 g/mol. The normalized spacial score (nSPS) is 23.7. The molecule has 15 heteroatoms. The van der Waals surface area contributed by atoms with Gasteiger partial charge in [0.25, 0.3) is 10.1 Å². The van der Waals surface area contributed by atoms with E-state index in [2.05, 4.69) is 0 Å². The lowest BCUT2D eigenvalue weighted by Crippen LogP contribution is -2.55. The number of ether oxygens (including phenoxy) is 4. The minimum absolute atomic E-state index is 0.0387. The van der Waals surface area contributed by atoms with Gasteiger partial charge in [0.05, 0.1) is 17.4 Å². The number of hydrogen-bond acceptors (Lipinski definition) is 9.